The molecule has 0 spiro atoms. The van der Waals surface area contributed by atoms with Gasteiger partial charge in [-0.1, -0.05) is 29.8 Å². The fourth-order valence-corrected chi connectivity index (χ4v) is 3.76. The zero-order valence-corrected chi connectivity index (χ0v) is 14.2. The Morgan fingerprint density at radius 1 is 1.17 bits per heavy atom. The molecule has 0 fully saturated rings. The zero-order chi connectivity index (χ0) is 16.4. The number of hydrogen-bond acceptors (Lipinski definition) is 2. The van der Waals surface area contributed by atoms with Crippen LogP contribution in [0.4, 0.5) is 0 Å². The van der Waals surface area contributed by atoms with Crippen LogP contribution in [-0.4, -0.2) is 19.9 Å². The van der Waals surface area contributed by atoms with E-state index in [1.165, 1.54) is 6.07 Å². The molecule has 3 aromatic rings. The molecule has 2 N–H and O–H groups in total. The van der Waals surface area contributed by atoms with Crippen LogP contribution in [0.25, 0.3) is 10.9 Å². The van der Waals surface area contributed by atoms with E-state index in [1.807, 2.05) is 30.5 Å². The Labute approximate surface area is 140 Å². The summed E-state index contributed by atoms with van der Waals surface area (Å²) in [6.45, 7) is 2.12. The van der Waals surface area contributed by atoms with Crippen molar-refractivity contribution >= 4 is 32.5 Å². The minimum atomic E-state index is -3.52. The number of H-pyrrole nitrogens is 1. The fourth-order valence-electron chi connectivity index (χ4n) is 2.53. The molecule has 2 aromatic carbocycles. The topological polar surface area (TPSA) is 62.0 Å². The van der Waals surface area contributed by atoms with Gasteiger partial charge < -0.3 is 4.98 Å². The van der Waals surface area contributed by atoms with Gasteiger partial charge >= 0.3 is 0 Å². The third-order valence-corrected chi connectivity index (χ3v) is 5.68. The van der Waals surface area contributed by atoms with Gasteiger partial charge in [0.15, 0.2) is 0 Å². The van der Waals surface area contributed by atoms with E-state index in [2.05, 4.69) is 9.71 Å². The molecule has 0 saturated carbocycles. The maximum atomic E-state index is 12.3. The summed E-state index contributed by atoms with van der Waals surface area (Å²) >= 11 is 5.94. The molecular formula is C17H17ClN2O2S. The smallest absolute Gasteiger partial charge is 0.240 e. The van der Waals surface area contributed by atoms with E-state index >= 15 is 0 Å². The van der Waals surface area contributed by atoms with Gasteiger partial charge in [0.2, 0.25) is 10.0 Å². The number of aromatic nitrogens is 1. The standard InChI is InChI=1S/C17H17ClN2O2S/c1-12-10-14(6-7-16(12)18)23(21,22)20-9-8-13-11-19-17-5-3-2-4-15(13)17/h2-7,10-11,19-20H,8-9H2,1H3. The van der Waals surface area contributed by atoms with Crippen molar-refractivity contribution in [1.29, 1.82) is 0 Å². The Morgan fingerprint density at radius 3 is 2.74 bits per heavy atom. The highest BCUT2D eigenvalue weighted by molar-refractivity contribution is 7.89. The van der Waals surface area contributed by atoms with Gasteiger partial charge in [0.05, 0.1) is 4.90 Å². The molecule has 120 valence electrons. The summed E-state index contributed by atoms with van der Waals surface area (Å²) < 4.78 is 27.3. The zero-order valence-electron chi connectivity index (χ0n) is 12.6. The number of aromatic amines is 1. The molecule has 4 nitrogen and oxygen atoms in total. The van der Waals surface area contributed by atoms with Crippen molar-refractivity contribution in [2.75, 3.05) is 6.54 Å². The van der Waals surface area contributed by atoms with Crippen molar-refractivity contribution in [3.63, 3.8) is 0 Å². The second-order valence-corrected chi connectivity index (χ2v) is 7.59. The van der Waals surface area contributed by atoms with E-state index in [0.29, 0.717) is 18.0 Å². The predicted octanol–water partition coefficient (Wildman–Crippen LogP) is 3.65. The van der Waals surface area contributed by atoms with Crippen LogP contribution in [0.5, 0.6) is 0 Å². The molecule has 0 bridgehead atoms. The lowest BCUT2D eigenvalue weighted by Gasteiger charge is -2.08. The minimum absolute atomic E-state index is 0.235. The van der Waals surface area contributed by atoms with Gasteiger partial charge in [-0.2, -0.15) is 0 Å². The predicted molar refractivity (Wildman–Crippen MR) is 93.4 cm³/mol. The summed E-state index contributed by atoms with van der Waals surface area (Å²) in [4.78, 5) is 3.42. The van der Waals surface area contributed by atoms with Gasteiger partial charge in [-0.25, -0.2) is 13.1 Å². The quantitative estimate of drug-likeness (QED) is 0.739. The first-order chi connectivity index (χ1) is 11.0. The normalized spacial score (nSPS) is 11.9. The van der Waals surface area contributed by atoms with Crippen molar-refractivity contribution in [3.8, 4) is 0 Å². The molecule has 6 heteroatoms. The van der Waals surface area contributed by atoms with Crippen LogP contribution in [0.3, 0.4) is 0 Å². The monoisotopic (exact) mass is 348 g/mol. The fraction of sp³-hybridized carbons (Fsp3) is 0.176. The van der Waals surface area contributed by atoms with Gasteiger partial charge in [-0.3, -0.25) is 0 Å². The third kappa shape index (κ3) is 3.42. The van der Waals surface area contributed by atoms with Crippen molar-refractivity contribution in [3.05, 3.63) is 64.8 Å². The van der Waals surface area contributed by atoms with Crippen LogP contribution in [0.1, 0.15) is 11.1 Å². The van der Waals surface area contributed by atoms with Crippen molar-refractivity contribution < 1.29 is 8.42 Å². The molecule has 23 heavy (non-hydrogen) atoms. The Kier molecular flexibility index (Phi) is 4.43. The van der Waals surface area contributed by atoms with Crippen molar-refractivity contribution in [2.45, 2.75) is 18.2 Å². The number of hydrogen-bond donors (Lipinski definition) is 2. The largest absolute Gasteiger partial charge is 0.361 e. The van der Waals surface area contributed by atoms with Gasteiger partial charge in [-0.05, 0) is 48.7 Å². The maximum absolute atomic E-state index is 12.3. The van der Waals surface area contributed by atoms with E-state index < -0.39 is 10.0 Å². The van der Waals surface area contributed by atoms with Crippen LogP contribution in [0.2, 0.25) is 5.02 Å². The highest BCUT2D eigenvalue weighted by Gasteiger charge is 2.14. The number of benzene rings is 2. The summed E-state index contributed by atoms with van der Waals surface area (Å²) in [7, 11) is -3.52. The van der Waals surface area contributed by atoms with Gasteiger partial charge in [0.25, 0.3) is 0 Å². The molecule has 0 atom stereocenters. The summed E-state index contributed by atoms with van der Waals surface area (Å²) in [5.74, 6) is 0. The molecule has 0 amide bonds. The van der Waals surface area contributed by atoms with Gasteiger partial charge in [0.1, 0.15) is 0 Å². The molecule has 0 saturated heterocycles. The van der Waals surface area contributed by atoms with Crippen LogP contribution in [0.15, 0.2) is 53.6 Å². The van der Waals surface area contributed by atoms with Crippen LogP contribution in [0, 0.1) is 6.92 Å². The summed E-state index contributed by atoms with van der Waals surface area (Å²) in [6.07, 6.45) is 2.54. The lowest BCUT2D eigenvalue weighted by Crippen LogP contribution is -2.26. The van der Waals surface area contributed by atoms with Gasteiger partial charge in [-0.15, -0.1) is 0 Å². The minimum Gasteiger partial charge on any atom is -0.361 e. The van der Waals surface area contributed by atoms with Crippen molar-refractivity contribution in [2.24, 2.45) is 0 Å². The Balaban J connectivity index is 1.71. The maximum Gasteiger partial charge on any atom is 0.240 e. The lowest BCUT2D eigenvalue weighted by molar-refractivity contribution is 0.581. The molecule has 0 aliphatic rings. The van der Waals surface area contributed by atoms with Crippen LogP contribution >= 0.6 is 11.6 Å². The molecule has 0 aliphatic carbocycles. The van der Waals surface area contributed by atoms with Crippen LogP contribution < -0.4 is 4.72 Å². The first kappa shape index (κ1) is 16.1. The number of fused-ring (bicyclic) bond motifs is 1. The number of nitrogens with one attached hydrogen (secondary N) is 2. The SMILES string of the molecule is Cc1cc(S(=O)(=O)NCCc2c[nH]c3ccccc23)ccc1Cl. The number of halogens is 1. The molecular weight excluding hydrogens is 332 g/mol. The summed E-state index contributed by atoms with van der Waals surface area (Å²) in [6, 6.07) is 12.7. The molecule has 3 rings (SSSR count). The number of aryl methyl sites for hydroxylation is 1. The first-order valence-corrected chi connectivity index (χ1v) is 9.14. The van der Waals surface area contributed by atoms with E-state index in [4.69, 9.17) is 11.6 Å². The first-order valence-electron chi connectivity index (χ1n) is 7.28. The summed E-state index contributed by atoms with van der Waals surface area (Å²) in [5.41, 5.74) is 2.89. The number of rotatable bonds is 5. The van der Waals surface area contributed by atoms with E-state index in [-0.39, 0.29) is 4.90 Å². The Bertz CT molecular complexity index is 948. The van der Waals surface area contributed by atoms with Crippen LogP contribution in [-0.2, 0) is 16.4 Å². The van der Waals surface area contributed by atoms with E-state index in [9.17, 15) is 8.42 Å². The molecule has 0 aliphatic heterocycles. The molecule has 0 radical (unpaired) electrons. The van der Waals surface area contributed by atoms with Gasteiger partial charge in [0, 0.05) is 28.7 Å². The molecule has 0 unspecified atom stereocenters. The highest BCUT2D eigenvalue weighted by Crippen LogP contribution is 2.20. The van der Waals surface area contributed by atoms with Crippen molar-refractivity contribution in [1.82, 2.24) is 9.71 Å². The Hall–Kier alpha value is -1.82. The average molecular weight is 349 g/mol. The summed E-state index contributed by atoms with van der Waals surface area (Å²) in [5, 5.41) is 1.68. The highest BCUT2D eigenvalue weighted by atomic mass is 35.5. The lowest BCUT2D eigenvalue weighted by atomic mass is 10.1. The molecule has 1 heterocycles. The number of sulfonamides is 1. The van der Waals surface area contributed by atoms with E-state index in [1.54, 1.807) is 19.1 Å². The Morgan fingerprint density at radius 2 is 1.96 bits per heavy atom. The third-order valence-electron chi connectivity index (χ3n) is 3.80. The molecule has 1 aromatic heterocycles. The number of para-hydroxylation sites is 1. The second kappa shape index (κ2) is 6.35. The second-order valence-electron chi connectivity index (χ2n) is 5.42. The average Bonchev–Trinajstić information content (AvgIpc) is 2.93. The van der Waals surface area contributed by atoms with E-state index in [0.717, 1.165) is 22.0 Å².